The maximum Gasteiger partial charge on any atom is 0.472 e. The van der Waals surface area contributed by atoms with Crippen LogP contribution in [0.15, 0.2) is 97.2 Å². The zero-order valence-corrected chi connectivity index (χ0v) is 53.7. The Morgan fingerprint density at radius 3 is 1.30 bits per heavy atom. The summed E-state index contributed by atoms with van der Waals surface area (Å²) in [5, 5.41) is 3.06. The van der Waals surface area contributed by atoms with Gasteiger partial charge in [-0.05, 0) is 102 Å². The molecule has 0 fully saturated rings. The van der Waals surface area contributed by atoms with Gasteiger partial charge in [0.2, 0.25) is 5.91 Å². The van der Waals surface area contributed by atoms with E-state index in [1.54, 1.807) is 0 Å². The van der Waals surface area contributed by atoms with Crippen molar-refractivity contribution in [2.45, 2.75) is 296 Å². The van der Waals surface area contributed by atoms with Crippen LogP contribution in [0.5, 0.6) is 0 Å². The van der Waals surface area contributed by atoms with Crippen LogP contribution >= 0.6 is 7.82 Å². The van der Waals surface area contributed by atoms with Crippen molar-refractivity contribution in [1.29, 1.82) is 0 Å². The molecule has 9 nitrogen and oxygen atoms in total. The fourth-order valence-corrected chi connectivity index (χ4v) is 9.93. The van der Waals surface area contributed by atoms with Crippen molar-refractivity contribution < 1.29 is 37.3 Å². The van der Waals surface area contributed by atoms with Crippen molar-refractivity contribution in [2.24, 2.45) is 0 Å². The summed E-state index contributed by atoms with van der Waals surface area (Å²) >= 11 is 0. The van der Waals surface area contributed by atoms with Gasteiger partial charge in [-0.1, -0.05) is 266 Å². The highest BCUT2D eigenvalue weighted by molar-refractivity contribution is 7.47. The number of likely N-dealkylation sites (N-methyl/N-ethyl adjacent to an activating group) is 1. The fourth-order valence-electron chi connectivity index (χ4n) is 9.19. The molecule has 0 aliphatic heterocycles. The molecule has 0 rings (SSSR count). The summed E-state index contributed by atoms with van der Waals surface area (Å²) in [6, 6.07) is -0.860. The fraction of sp³-hybridized carbons (Fsp3) is 0.743. The largest absolute Gasteiger partial charge is 0.472 e. The number of carbonyl (C=O) groups is 2. The van der Waals surface area contributed by atoms with E-state index in [2.05, 4.69) is 111 Å². The predicted octanol–water partition coefficient (Wildman–Crippen LogP) is 20.7. The van der Waals surface area contributed by atoms with E-state index < -0.39 is 20.0 Å². The average molecular weight is 1140 g/mol. The number of carbonyl (C=O) groups excluding carboxylic acids is 2. The number of quaternary nitrogens is 1. The lowest BCUT2D eigenvalue weighted by Gasteiger charge is -2.27. The van der Waals surface area contributed by atoms with Crippen LogP contribution in [-0.2, 0) is 27.9 Å². The van der Waals surface area contributed by atoms with Gasteiger partial charge in [-0.3, -0.25) is 18.6 Å². The molecule has 0 aliphatic rings. The van der Waals surface area contributed by atoms with Gasteiger partial charge in [0.05, 0.1) is 33.8 Å². The Morgan fingerprint density at radius 2 is 0.838 bits per heavy atom. The Balaban J connectivity index is 5.10. The summed E-state index contributed by atoms with van der Waals surface area (Å²) in [6.45, 7) is 6.86. The van der Waals surface area contributed by atoms with Gasteiger partial charge < -0.3 is 19.4 Å². The molecule has 3 atom stereocenters. The molecule has 0 radical (unpaired) electrons. The van der Waals surface area contributed by atoms with Gasteiger partial charge in [-0.2, -0.15) is 0 Å². The Labute approximate surface area is 494 Å². The van der Waals surface area contributed by atoms with Gasteiger partial charge in [-0.25, -0.2) is 4.57 Å². The molecular formula is C70H126N2O7P+. The van der Waals surface area contributed by atoms with Crippen molar-refractivity contribution in [1.82, 2.24) is 5.32 Å². The van der Waals surface area contributed by atoms with Crippen LogP contribution in [0.25, 0.3) is 0 Å². The Hall–Kier alpha value is -3.07. The summed E-state index contributed by atoms with van der Waals surface area (Å²) in [7, 11) is 1.48. The van der Waals surface area contributed by atoms with Crippen LogP contribution in [0.1, 0.15) is 284 Å². The number of hydrogen-bond donors (Lipinski definition) is 2. The van der Waals surface area contributed by atoms with Crippen molar-refractivity contribution in [3.63, 3.8) is 0 Å². The number of ether oxygens (including phenoxy) is 1. The van der Waals surface area contributed by atoms with E-state index in [0.717, 1.165) is 109 Å². The van der Waals surface area contributed by atoms with E-state index in [1.165, 1.54) is 141 Å². The number of esters is 1. The number of hydrogen-bond acceptors (Lipinski definition) is 6. The quantitative estimate of drug-likeness (QED) is 0.0156. The van der Waals surface area contributed by atoms with E-state index in [9.17, 15) is 19.0 Å². The Kier molecular flexibility index (Phi) is 56.8. The maximum atomic E-state index is 13.6. The van der Waals surface area contributed by atoms with Crippen molar-refractivity contribution >= 4 is 19.7 Å². The lowest BCUT2D eigenvalue weighted by atomic mass is 10.0. The molecule has 0 aromatic carbocycles. The number of amides is 1. The monoisotopic (exact) mass is 1140 g/mol. The highest BCUT2D eigenvalue weighted by atomic mass is 31.2. The molecule has 0 saturated heterocycles. The molecule has 80 heavy (non-hydrogen) atoms. The minimum absolute atomic E-state index is 0.0341. The van der Waals surface area contributed by atoms with Gasteiger partial charge in [0.25, 0.3) is 0 Å². The minimum atomic E-state index is -4.46. The minimum Gasteiger partial charge on any atom is -0.456 e. The zero-order valence-electron chi connectivity index (χ0n) is 52.8. The second-order valence-corrected chi connectivity index (χ2v) is 24.7. The number of phosphoric acid groups is 1. The highest BCUT2D eigenvalue weighted by Gasteiger charge is 2.30. The number of nitrogens with one attached hydrogen (secondary N) is 1. The summed E-state index contributed by atoms with van der Waals surface area (Å²) in [5.41, 5.74) is 0. The maximum absolute atomic E-state index is 13.6. The summed E-state index contributed by atoms with van der Waals surface area (Å²) in [4.78, 5) is 37.8. The van der Waals surface area contributed by atoms with E-state index in [4.69, 9.17) is 13.8 Å². The van der Waals surface area contributed by atoms with Crippen molar-refractivity contribution in [3.05, 3.63) is 97.2 Å². The molecule has 3 unspecified atom stereocenters. The van der Waals surface area contributed by atoms with Crippen LogP contribution in [0.4, 0.5) is 0 Å². The number of unbranched alkanes of at least 4 members (excludes halogenated alkanes) is 30. The van der Waals surface area contributed by atoms with E-state index in [-0.39, 0.29) is 31.5 Å². The average Bonchev–Trinajstić information content (AvgIpc) is 3.42. The predicted molar refractivity (Wildman–Crippen MR) is 346 cm³/mol. The highest BCUT2D eigenvalue weighted by Crippen LogP contribution is 2.43. The third-order valence-electron chi connectivity index (χ3n) is 14.3. The van der Waals surface area contributed by atoms with Crippen LogP contribution in [0.2, 0.25) is 0 Å². The number of rotatable bonds is 59. The van der Waals surface area contributed by atoms with Crippen molar-refractivity contribution in [3.8, 4) is 0 Å². The van der Waals surface area contributed by atoms with E-state index in [1.807, 2.05) is 33.3 Å². The van der Waals surface area contributed by atoms with Crippen LogP contribution in [-0.4, -0.2) is 74.3 Å². The molecule has 0 aromatic heterocycles. The Bertz CT molecular complexity index is 1690. The van der Waals surface area contributed by atoms with Gasteiger partial charge in [0, 0.05) is 12.8 Å². The van der Waals surface area contributed by atoms with Gasteiger partial charge in [0.1, 0.15) is 19.3 Å². The SMILES string of the molecule is CC/C=C\C/C=C\C/C=C\C/C=C\C/C=C\CCCCCCCCCCCCCC(=O)NC(COP(=O)(O)OCC[N+](C)(C)C)C(/C=C\CCCCCCCCCCCC)OC(=O)CCCCCCCC/C=C/C=C/CCCCC. The third kappa shape index (κ3) is 59.5. The van der Waals surface area contributed by atoms with E-state index in [0.29, 0.717) is 17.4 Å². The first kappa shape index (κ1) is 76.9. The lowest BCUT2D eigenvalue weighted by Crippen LogP contribution is -2.47. The summed E-state index contributed by atoms with van der Waals surface area (Å²) in [5.74, 6) is -0.522. The van der Waals surface area contributed by atoms with Crippen molar-refractivity contribution in [2.75, 3.05) is 40.9 Å². The summed E-state index contributed by atoms with van der Waals surface area (Å²) in [6.07, 6.45) is 79.8. The topological polar surface area (TPSA) is 111 Å². The molecule has 0 aromatic rings. The third-order valence-corrected chi connectivity index (χ3v) is 15.3. The molecular weight excluding hydrogens is 1010 g/mol. The smallest absolute Gasteiger partial charge is 0.456 e. The number of phosphoric ester groups is 1. The summed E-state index contributed by atoms with van der Waals surface area (Å²) < 4.78 is 30.7. The van der Waals surface area contributed by atoms with Gasteiger partial charge in [0.15, 0.2) is 0 Å². The molecule has 0 spiro atoms. The lowest BCUT2D eigenvalue weighted by molar-refractivity contribution is -0.870. The number of allylic oxidation sites excluding steroid dienone is 15. The molecule has 1 amide bonds. The first-order valence-electron chi connectivity index (χ1n) is 33.1. The first-order valence-corrected chi connectivity index (χ1v) is 34.6. The standard InChI is InChI=1S/C70H125N2O7P/c1-7-10-13-16-19-22-25-28-30-31-32-33-34-35-36-37-38-39-40-41-43-44-47-50-53-56-59-62-69(73)71-67(66-78-80(75,76)77-65-64-72(4,5)6)68(61-58-55-52-49-46-27-24-21-18-15-12-9-3)79-70(74)63-60-57-54-51-48-45-42-29-26-23-20-17-14-11-8-2/h10,13,19-20,22-23,26,28-30,32-33,35-36,58,61,67-68H,7-9,11-12,14-18,21,24-25,27,31,34,37-57,59-60,62-66H2,1-6H3,(H-,71,73,75,76)/p+1/b13-10-,22-19-,23-20+,29-26+,30-28-,33-32-,36-35-,61-58-. The molecule has 0 heterocycles. The van der Waals surface area contributed by atoms with Gasteiger partial charge in [-0.15, -0.1) is 0 Å². The molecule has 2 N–H and O–H groups in total. The Morgan fingerprint density at radius 1 is 0.463 bits per heavy atom. The second-order valence-electron chi connectivity index (χ2n) is 23.3. The van der Waals surface area contributed by atoms with E-state index >= 15 is 0 Å². The molecule has 0 bridgehead atoms. The van der Waals surface area contributed by atoms with Crippen LogP contribution in [0.3, 0.4) is 0 Å². The number of nitrogens with zero attached hydrogens (tertiary/aromatic N) is 1. The first-order chi connectivity index (χ1) is 38.9. The van der Waals surface area contributed by atoms with Crippen LogP contribution < -0.4 is 5.32 Å². The molecule has 0 aliphatic carbocycles. The zero-order chi connectivity index (χ0) is 58.6. The van der Waals surface area contributed by atoms with Gasteiger partial charge >= 0.3 is 13.8 Å². The normalized spacial score (nSPS) is 14.2. The molecule has 462 valence electrons. The van der Waals surface area contributed by atoms with Crippen LogP contribution in [0, 0.1) is 0 Å². The molecule has 10 heteroatoms. The molecule has 0 saturated carbocycles. The second kappa shape index (κ2) is 59.1.